The lowest BCUT2D eigenvalue weighted by Crippen LogP contribution is -2.46. The van der Waals surface area contributed by atoms with E-state index in [2.05, 4.69) is 15.3 Å². The van der Waals surface area contributed by atoms with Gasteiger partial charge < -0.3 is 15.2 Å². The number of piperidine rings is 1. The number of pyridine rings is 1. The molecule has 1 aromatic carbocycles. The molecule has 172 valence electrons. The van der Waals surface area contributed by atoms with Crippen molar-refractivity contribution >= 4 is 17.6 Å². The number of anilines is 1. The molecule has 8 heteroatoms. The van der Waals surface area contributed by atoms with E-state index in [0.29, 0.717) is 35.7 Å². The largest absolute Gasteiger partial charge is 0.357 e. The molecule has 1 aliphatic rings. The molecular weight excluding hydrogens is 426 g/mol. The fourth-order valence-electron chi connectivity index (χ4n) is 4.26. The Balaban J connectivity index is 1.37. The van der Waals surface area contributed by atoms with Crippen molar-refractivity contribution in [1.82, 2.24) is 14.9 Å². The maximum atomic E-state index is 13.5. The van der Waals surface area contributed by atoms with E-state index in [4.69, 9.17) is 0 Å². The van der Waals surface area contributed by atoms with Crippen LogP contribution >= 0.6 is 0 Å². The van der Waals surface area contributed by atoms with Crippen molar-refractivity contribution in [3.63, 3.8) is 0 Å². The third-order valence-corrected chi connectivity index (χ3v) is 6.42. The van der Waals surface area contributed by atoms with Gasteiger partial charge in [0.2, 0.25) is 5.91 Å². The molecule has 6 nitrogen and oxygen atoms in total. The lowest BCUT2D eigenvalue weighted by atomic mass is 9.73. The van der Waals surface area contributed by atoms with E-state index in [0.717, 1.165) is 18.9 Å². The van der Waals surface area contributed by atoms with Crippen molar-refractivity contribution in [2.45, 2.75) is 26.7 Å². The van der Waals surface area contributed by atoms with Crippen molar-refractivity contribution < 1.29 is 18.4 Å². The van der Waals surface area contributed by atoms with Crippen LogP contribution in [0.4, 0.5) is 14.6 Å². The molecule has 3 heterocycles. The van der Waals surface area contributed by atoms with Gasteiger partial charge in [-0.25, -0.2) is 13.8 Å². The monoisotopic (exact) mass is 452 g/mol. The molecule has 0 spiro atoms. The summed E-state index contributed by atoms with van der Waals surface area (Å²) in [6, 6.07) is 10.1. The van der Waals surface area contributed by atoms with Gasteiger partial charge in [-0.05, 0) is 60.7 Å². The van der Waals surface area contributed by atoms with Gasteiger partial charge in [-0.2, -0.15) is 0 Å². The Hall–Kier alpha value is -3.55. The highest BCUT2D eigenvalue weighted by atomic mass is 19.1. The standard InChI is InChI=1S/C25H26F2N4O2/c1-25(2,18-7-10-31(11-8-18)23(32)21-4-3-9-28-21)24(33)30-22-6-5-16(15-29-22)17-12-19(26)14-20(27)13-17/h3-6,9,12-15,18,28H,7-8,10-11H2,1-2H3,(H,29,30,33). The molecule has 0 radical (unpaired) electrons. The first kappa shape index (κ1) is 22.6. The van der Waals surface area contributed by atoms with Crippen LogP contribution in [-0.4, -0.2) is 39.8 Å². The predicted molar refractivity (Wildman–Crippen MR) is 121 cm³/mol. The molecule has 1 fully saturated rings. The van der Waals surface area contributed by atoms with E-state index in [1.165, 1.54) is 18.3 Å². The summed E-state index contributed by atoms with van der Waals surface area (Å²) in [5.74, 6) is -1.03. The van der Waals surface area contributed by atoms with Crippen LogP contribution in [0, 0.1) is 23.0 Å². The number of halogens is 2. The second-order valence-electron chi connectivity index (χ2n) is 8.92. The Bertz CT molecular complexity index is 1120. The van der Waals surface area contributed by atoms with Gasteiger partial charge in [0.1, 0.15) is 23.1 Å². The molecule has 3 aromatic rings. The van der Waals surface area contributed by atoms with Crippen LogP contribution in [0.5, 0.6) is 0 Å². The van der Waals surface area contributed by atoms with Gasteiger partial charge in [-0.1, -0.05) is 13.8 Å². The number of H-pyrrole nitrogens is 1. The summed E-state index contributed by atoms with van der Waals surface area (Å²) in [7, 11) is 0. The van der Waals surface area contributed by atoms with E-state index in [1.807, 2.05) is 18.7 Å². The average Bonchev–Trinajstić information content (AvgIpc) is 3.33. The average molecular weight is 453 g/mol. The number of nitrogens with zero attached hydrogens (tertiary/aromatic N) is 2. The van der Waals surface area contributed by atoms with Crippen molar-refractivity contribution in [3.8, 4) is 11.1 Å². The van der Waals surface area contributed by atoms with E-state index in [-0.39, 0.29) is 17.7 Å². The zero-order chi connectivity index (χ0) is 23.6. The number of aromatic nitrogens is 2. The normalized spacial score (nSPS) is 14.8. The third kappa shape index (κ3) is 4.94. The number of amides is 2. The molecule has 0 aliphatic carbocycles. The number of benzene rings is 1. The molecule has 2 N–H and O–H groups in total. The summed E-state index contributed by atoms with van der Waals surface area (Å²) in [5, 5.41) is 2.85. The number of likely N-dealkylation sites (tertiary alicyclic amines) is 1. The van der Waals surface area contributed by atoms with Gasteiger partial charge in [0, 0.05) is 42.5 Å². The minimum atomic E-state index is -0.662. The number of carbonyl (C=O) groups excluding carboxylic acids is 2. The summed E-state index contributed by atoms with van der Waals surface area (Å²) >= 11 is 0. The molecule has 0 saturated carbocycles. The van der Waals surface area contributed by atoms with Crippen molar-refractivity contribution in [3.05, 3.63) is 72.2 Å². The SMILES string of the molecule is CC(C)(C(=O)Nc1ccc(-c2cc(F)cc(F)c2)cn1)C1CCN(C(=O)c2ccc[nH]2)CC1. The van der Waals surface area contributed by atoms with Gasteiger partial charge in [0.25, 0.3) is 5.91 Å². The lowest BCUT2D eigenvalue weighted by Gasteiger charge is -2.39. The molecule has 33 heavy (non-hydrogen) atoms. The van der Waals surface area contributed by atoms with E-state index in [1.54, 1.807) is 30.5 Å². The van der Waals surface area contributed by atoms with E-state index >= 15 is 0 Å². The highest BCUT2D eigenvalue weighted by Crippen LogP contribution is 2.36. The second-order valence-corrected chi connectivity index (χ2v) is 8.92. The highest BCUT2D eigenvalue weighted by molar-refractivity contribution is 5.94. The molecule has 1 saturated heterocycles. The maximum Gasteiger partial charge on any atom is 0.270 e. The smallest absolute Gasteiger partial charge is 0.270 e. The quantitative estimate of drug-likeness (QED) is 0.580. The van der Waals surface area contributed by atoms with Crippen LogP contribution in [-0.2, 0) is 4.79 Å². The van der Waals surface area contributed by atoms with Crippen LogP contribution in [0.25, 0.3) is 11.1 Å². The molecule has 2 aromatic heterocycles. The number of carbonyl (C=O) groups is 2. The Kier molecular flexibility index (Phi) is 6.26. The van der Waals surface area contributed by atoms with Crippen LogP contribution in [0.3, 0.4) is 0 Å². The molecule has 0 atom stereocenters. The van der Waals surface area contributed by atoms with Crippen LogP contribution < -0.4 is 5.32 Å². The topological polar surface area (TPSA) is 78.1 Å². The van der Waals surface area contributed by atoms with Gasteiger partial charge in [0.15, 0.2) is 0 Å². The molecule has 0 bridgehead atoms. The fraction of sp³-hybridized carbons (Fsp3) is 0.320. The Morgan fingerprint density at radius 3 is 2.33 bits per heavy atom. The minimum absolute atomic E-state index is 0.0248. The number of aromatic amines is 1. The molecular formula is C25H26F2N4O2. The maximum absolute atomic E-state index is 13.5. The molecule has 0 unspecified atom stereocenters. The third-order valence-electron chi connectivity index (χ3n) is 6.42. The fourth-order valence-corrected chi connectivity index (χ4v) is 4.26. The summed E-state index contributed by atoms with van der Waals surface area (Å²) in [5.41, 5.74) is 0.831. The minimum Gasteiger partial charge on any atom is -0.357 e. The summed E-state index contributed by atoms with van der Waals surface area (Å²) in [6.45, 7) is 4.99. The summed E-state index contributed by atoms with van der Waals surface area (Å²) in [6.07, 6.45) is 4.65. The van der Waals surface area contributed by atoms with Gasteiger partial charge >= 0.3 is 0 Å². The number of rotatable bonds is 5. The van der Waals surface area contributed by atoms with Crippen molar-refractivity contribution in [2.75, 3.05) is 18.4 Å². The highest BCUT2D eigenvalue weighted by Gasteiger charge is 2.39. The summed E-state index contributed by atoms with van der Waals surface area (Å²) in [4.78, 5) is 34.6. The zero-order valence-corrected chi connectivity index (χ0v) is 18.6. The Labute approximate surface area is 191 Å². The lowest BCUT2D eigenvalue weighted by molar-refractivity contribution is -0.127. The molecule has 4 rings (SSSR count). The first-order chi connectivity index (χ1) is 15.7. The van der Waals surface area contributed by atoms with Gasteiger partial charge in [-0.15, -0.1) is 0 Å². The van der Waals surface area contributed by atoms with Crippen LogP contribution in [0.2, 0.25) is 0 Å². The Morgan fingerprint density at radius 2 is 1.76 bits per heavy atom. The van der Waals surface area contributed by atoms with E-state index < -0.39 is 17.0 Å². The second kappa shape index (κ2) is 9.13. The van der Waals surface area contributed by atoms with Crippen LogP contribution in [0.15, 0.2) is 54.9 Å². The summed E-state index contributed by atoms with van der Waals surface area (Å²) < 4.78 is 26.9. The predicted octanol–water partition coefficient (Wildman–Crippen LogP) is 4.87. The number of hydrogen-bond acceptors (Lipinski definition) is 3. The van der Waals surface area contributed by atoms with Gasteiger partial charge in [0.05, 0.1) is 0 Å². The van der Waals surface area contributed by atoms with Gasteiger partial charge in [-0.3, -0.25) is 9.59 Å². The van der Waals surface area contributed by atoms with Crippen molar-refractivity contribution in [1.29, 1.82) is 0 Å². The number of hydrogen-bond donors (Lipinski definition) is 2. The van der Waals surface area contributed by atoms with Crippen LogP contribution in [0.1, 0.15) is 37.2 Å². The van der Waals surface area contributed by atoms with E-state index in [9.17, 15) is 18.4 Å². The molecule has 2 amide bonds. The Morgan fingerprint density at radius 1 is 1.06 bits per heavy atom. The first-order valence-corrected chi connectivity index (χ1v) is 10.9. The van der Waals surface area contributed by atoms with Crippen molar-refractivity contribution in [2.24, 2.45) is 11.3 Å². The first-order valence-electron chi connectivity index (χ1n) is 10.9. The number of nitrogens with one attached hydrogen (secondary N) is 2. The zero-order valence-electron chi connectivity index (χ0n) is 18.6. The molecule has 1 aliphatic heterocycles.